The fraction of sp³-hybridized carbons (Fsp3) is 0.154. The van der Waals surface area contributed by atoms with Gasteiger partial charge < -0.3 is 9.64 Å². The lowest BCUT2D eigenvalue weighted by Gasteiger charge is -2.43. The third kappa shape index (κ3) is 2.77. The highest BCUT2D eigenvalue weighted by atomic mass is 16.5. The van der Waals surface area contributed by atoms with Crippen molar-refractivity contribution in [2.75, 3.05) is 9.80 Å². The molecule has 0 aromatic heterocycles. The summed E-state index contributed by atoms with van der Waals surface area (Å²) in [5.41, 5.74) is 1.94. The number of carbonyl (C=O) groups excluding carboxylic acids is 2. The second kappa shape index (κ2) is 7.13. The second-order valence-corrected chi connectivity index (χ2v) is 7.80. The molecule has 0 aliphatic carbocycles. The van der Waals surface area contributed by atoms with E-state index < -0.39 is 5.72 Å². The van der Waals surface area contributed by atoms with Crippen LogP contribution in [0.3, 0.4) is 0 Å². The normalized spacial score (nSPS) is 20.3. The van der Waals surface area contributed by atoms with Gasteiger partial charge in [-0.15, -0.1) is 0 Å². The first-order valence-electron chi connectivity index (χ1n) is 10.3. The van der Waals surface area contributed by atoms with E-state index in [9.17, 15) is 9.59 Å². The standard InChI is InChI=1S/C26H22N2O3/c1-18-19(2)31-26(28(24(18)29)21-13-7-4-8-14-21)22-15-9-10-16-23(22)27(25(26)30)17-20-11-5-3-6-12-20/h3-16H,17H2,1-2H3. The minimum Gasteiger partial charge on any atom is -0.458 e. The van der Waals surface area contributed by atoms with Crippen LogP contribution in [0.25, 0.3) is 0 Å². The van der Waals surface area contributed by atoms with Crippen LogP contribution < -0.4 is 9.80 Å². The van der Waals surface area contributed by atoms with Crippen LogP contribution in [0.2, 0.25) is 0 Å². The maximum atomic E-state index is 14.1. The highest BCUT2D eigenvalue weighted by Gasteiger charge is 2.61. The van der Waals surface area contributed by atoms with Crippen LogP contribution in [0.15, 0.2) is 96.3 Å². The van der Waals surface area contributed by atoms with Gasteiger partial charge >= 0.3 is 0 Å². The Labute approximate surface area is 181 Å². The number of fused-ring (bicyclic) bond motifs is 2. The molecule has 1 spiro atoms. The smallest absolute Gasteiger partial charge is 0.298 e. The summed E-state index contributed by atoms with van der Waals surface area (Å²) >= 11 is 0. The van der Waals surface area contributed by atoms with E-state index >= 15 is 0 Å². The van der Waals surface area contributed by atoms with E-state index in [1.54, 1.807) is 18.7 Å². The zero-order valence-corrected chi connectivity index (χ0v) is 17.4. The van der Waals surface area contributed by atoms with Crippen molar-refractivity contribution in [3.8, 4) is 0 Å². The first kappa shape index (κ1) is 19.1. The SMILES string of the molecule is CC1=C(C)C(=O)N(c2ccccc2)C2(O1)C(=O)N(Cc1ccccc1)c1ccccc12. The molecule has 2 amide bonds. The zero-order valence-electron chi connectivity index (χ0n) is 17.4. The molecule has 0 radical (unpaired) electrons. The average Bonchev–Trinajstić information content (AvgIpc) is 3.02. The van der Waals surface area contributed by atoms with Gasteiger partial charge in [-0.3, -0.25) is 14.5 Å². The van der Waals surface area contributed by atoms with Gasteiger partial charge in [-0.2, -0.15) is 0 Å². The predicted octanol–water partition coefficient (Wildman–Crippen LogP) is 4.74. The summed E-state index contributed by atoms with van der Waals surface area (Å²) in [4.78, 5) is 30.9. The molecule has 0 saturated heterocycles. The Morgan fingerprint density at radius 2 is 1.42 bits per heavy atom. The van der Waals surface area contributed by atoms with E-state index in [1.165, 1.54) is 4.90 Å². The number of ether oxygens (including phenoxy) is 1. The molecule has 31 heavy (non-hydrogen) atoms. The van der Waals surface area contributed by atoms with Crippen molar-refractivity contribution in [3.05, 3.63) is 107 Å². The number of amides is 2. The summed E-state index contributed by atoms with van der Waals surface area (Å²) in [6.07, 6.45) is 0. The van der Waals surface area contributed by atoms with E-state index in [1.807, 2.05) is 84.9 Å². The van der Waals surface area contributed by atoms with Crippen LogP contribution in [0.4, 0.5) is 11.4 Å². The summed E-state index contributed by atoms with van der Waals surface area (Å²) in [7, 11) is 0. The van der Waals surface area contributed by atoms with E-state index in [0.29, 0.717) is 29.1 Å². The summed E-state index contributed by atoms with van der Waals surface area (Å²) < 4.78 is 6.38. The van der Waals surface area contributed by atoms with E-state index in [0.717, 1.165) is 11.3 Å². The number of rotatable bonds is 3. The molecular weight excluding hydrogens is 388 g/mol. The van der Waals surface area contributed by atoms with Crippen LogP contribution in [0, 0.1) is 0 Å². The molecule has 0 saturated carbocycles. The molecule has 5 rings (SSSR count). The minimum atomic E-state index is -1.58. The predicted molar refractivity (Wildman–Crippen MR) is 119 cm³/mol. The van der Waals surface area contributed by atoms with Crippen LogP contribution in [-0.4, -0.2) is 11.8 Å². The molecule has 3 aromatic rings. The third-order valence-electron chi connectivity index (χ3n) is 5.96. The molecule has 0 bridgehead atoms. The fourth-order valence-corrected chi connectivity index (χ4v) is 4.32. The van der Waals surface area contributed by atoms with E-state index in [-0.39, 0.29) is 11.8 Å². The van der Waals surface area contributed by atoms with Crippen molar-refractivity contribution in [2.45, 2.75) is 26.1 Å². The van der Waals surface area contributed by atoms with Crippen molar-refractivity contribution < 1.29 is 14.3 Å². The van der Waals surface area contributed by atoms with Crippen molar-refractivity contribution >= 4 is 23.2 Å². The van der Waals surface area contributed by atoms with E-state index in [2.05, 4.69) is 0 Å². The molecule has 0 fully saturated rings. The maximum Gasteiger partial charge on any atom is 0.298 e. The first-order chi connectivity index (χ1) is 15.0. The number of hydrogen-bond acceptors (Lipinski definition) is 3. The second-order valence-electron chi connectivity index (χ2n) is 7.80. The number of anilines is 2. The van der Waals surface area contributed by atoms with Crippen molar-refractivity contribution in [1.82, 2.24) is 0 Å². The molecule has 0 N–H and O–H groups in total. The summed E-state index contributed by atoms with van der Waals surface area (Å²) in [6, 6.07) is 26.6. The van der Waals surface area contributed by atoms with Gasteiger partial charge in [0, 0.05) is 5.69 Å². The number of allylic oxidation sites excluding steroid dienone is 1. The molecular formula is C26H22N2O3. The Morgan fingerprint density at radius 3 is 2.13 bits per heavy atom. The molecule has 3 aromatic carbocycles. The lowest BCUT2D eigenvalue weighted by molar-refractivity contribution is -0.145. The molecule has 1 atom stereocenters. The van der Waals surface area contributed by atoms with Gasteiger partial charge in [0.15, 0.2) is 0 Å². The van der Waals surface area contributed by atoms with Crippen LogP contribution >= 0.6 is 0 Å². The monoisotopic (exact) mass is 410 g/mol. The number of benzene rings is 3. The Kier molecular flexibility index (Phi) is 4.40. The molecule has 2 aliphatic rings. The Bertz CT molecular complexity index is 1200. The highest BCUT2D eigenvalue weighted by Crippen LogP contribution is 2.50. The fourth-order valence-electron chi connectivity index (χ4n) is 4.32. The largest absolute Gasteiger partial charge is 0.458 e. The minimum absolute atomic E-state index is 0.236. The van der Waals surface area contributed by atoms with Crippen molar-refractivity contribution in [2.24, 2.45) is 0 Å². The molecule has 2 aliphatic heterocycles. The molecule has 2 heterocycles. The summed E-state index contributed by atoms with van der Waals surface area (Å²) in [6.45, 7) is 3.86. The lowest BCUT2D eigenvalue weighted by atomic mass is 9.97. The quantitative estimate of drug-likeness (QED) is 0.627. The summed E-state index contributed by atoms with van der Waals surface area (Å²) in [5, 5.41) is 0. The van der Waals surface area contributed by atoms with Gasteiger partial charge in [0.25, 0.3) is 17.5 Å². The number of carbonyl (C=O) groups is 2. The van der Waals surface area contributed by atoms with Gasteiger partial charge in [-0.05, 0) is 37.6 Å². The average molecular weight is 410 g/mol. The number of nitrogens with zero attached hydrogens (tertiary/aromatic N) is 2. The third-order valence-corrected chi connectivity index (χ3v) is 5.96. The summed E-state index contributed by atoms with van der Waals surface area (Å²) in [5.74, 6) is -0.0526. The Hall–Kier alpha value is -3.86. The van der Waals surface area contributed by atoms with Gasteiger partial charge in [0.05, 0.1) is 23.4 Å². The Balaban J connectivity index is 1.73. The Morgan fingerprint density at radius 1 is 0.806 bits per heavy atom. The molecule has 154 valence electrons. The molecule has 5 heteroatoms. The first-order valence-corrected chi connectivity index (χ1v) is 10.3. The number of para-hydroxylation sites is 2. The lowest BCUT2D eigenvalue weighted by Crippen LogP contribution is -2.59. The van der Waals surface area contributed by atoms with Crippen molar-refractivity contribution in [1.29, 1.82) is 0 Å². The van der Waals surface area contributed by atoms with Crippen LogP contribution in [0.1, 0.15) is 25.0 Å². The van der Waals surface area contributed by atoms with Gasteiger partial charge in [-0.1, -0.05) is 66.7 Å². The van der Waals surface area contributed by atoms with Gasteiger partial charge in [0.1, 0.15) is 5.76 Å². The van der Waals surface area contributed by atoms with E-state index in [4.69, 9.17) is 4.74 Å². The zero-order chi connectivity index (χ0) is 21.6. The van der Waals surface area contributed by atoms with Gasteiger partial charge in [-0.25, -0.2) is 0 Å². The topological polar surface area (TPSA) is 49.9 Å². The number of hydrogen-bond donors (Lipinski definition) is 0. The van der Waals surface area contributed by atoms with Gasteiger partial charge in [0.2, 0.25) is 0 Å². The molecule has 5 nitrogen and oxygen atoms in total. The molecule has 1 unspecified atom stereocenters. The van der Waals surface area contributed by atoms with Crippen LogP contribution in [0.5, 0.6) is 0 Å². The van der Waals surface area contributed by atoms with Crippen molar-refractivity contribution in [3.63, 3.8) is 0 Å². The maximum absolute atomic E-state index is 14.1. The highest BCUT2D eigenvalue weighted by molar-refractivity contribution is 6.17. The van der Waals surface area contributed by atoms with Crippen LogP contribution in [-0.2, 0) is 26.6 Å².